The van der Waals surface area contributed by atoms with Gasteiger partial charge in [-0.3, -0.25) is 4.99 Å². The predicted octanol–water partition coefficient (Wildman–Crippen LogP) is 4.21. The number of fused-ring (bicyclic) bond motifs is 1. The summed E-state index contributed by atoms with van der Waals surface area (Å²) >= 11 is 0. The summed E-state index contributed by atoms with van der Waals surface area (Å²) < 4.78 is 24.8. The number of nitrogens with one attached hydrogen (secondary N) is 2. The van der Waals surface area contributed by atoms with Crippen molar-refractivity contribution in [2.24, 2.45) is 4.99 Å². The van der Waals surface area contributed by atoms with Crippen LogP contribution in [0, 0.1) is 19.7 Å². The molecular weight excluding hydrogens is 321 g/mol. The van der Waals surface area contributed by atoms with Gasteiger partial charge in [-0.2, -0.15) is 0 Å². The molecule has 2 N–H and O–H groups in total. The number of nitrogens with zero attached hydrogens (tertiary/aromatic N) is 1. The second kappa shape index (κ2) is 7.01. The molecule has 0 bridgehead atoms. The van der Waals surface area contributed by atoms with Gasteiger partial charge in [-0.05, 0) is 51.1 Å². The van der Waals surface area contributed by atoms with Gasteiger partial charge in [0.25, 0.3) is 0 Å². The van der Waals surface area contributed by atoms with Crippen LogP contribution in [0.4, 0.5) is 4.39 Å². The average molecular weight is 343 g/mol. The summed E-state index contributed by atoms with van der Waals surface area (Å²) in [4.78, 5) is 4.22. The number of halogens is 1. The van der Waals surface area contributed by atoms with Crippen LogP contribution in [0.1, 0.15) is 35.8 Å². The van der Waals surface area contributed by atoms with Crippen LogP contribution in [0.3, 0.4) is 0 Å². The first kappa shape index (κ1) is 17.1. The lowest BCUT2D eigenvalue weighted by Crippen LogP contribution is -2.38. The molecule has 0 aliphatic carbocycles. The first-order chi connectivity index (χ1) is 12.0. The number of furan rings is 2. The van der Waals surface area contributed by atoms with Crippen LogP contribution in [0.25, 0.3) is 11.0 Å². The highest BCUT2D eigenvalue weighted by atomic mass is 19.1. The predicted molar refractivity (Wildman–Crippen MR) is 96.1 cm³/mol. The Morgan fingerprint density at radius 1 is 1.20 bits per heavy atom. The molecule has 6 heteroatoms. The summed E-state index contributed by atoms with van der Waals surface area (Å²) in [5.41, 5.74) is 1.60. The number of rotatable bonds is 4. The largest absolute Gasteiger partial charge is 0.464 e. The number of aliphatic imine (C=N–C) groups is 1. The van der Waals surface area contributed by atoms with Gasteiger partial charge in [-0.15, -0.1) is 0 Å². The van der Waals surface area contributed by atoms with E-state index < -0.39 is 0 Å². The molecule has 2 heterocycles. The molecule has 1 unspecified atom stereocenters. The van der Waals surface area contributed by atoms with Crippen LogP contribution < -0.4 is 10.6 Å². The average Bonchev–Trinajstić information content (AvgIpc) is 3.16. The van der Waals surface area contributed by atoms with E-state index in [0.29, 0.717) is 18.1 Å². The Hall–Kier alpha value is -2.76. The molecule has 5 nitrogen and oxygen atoms in total. The maximum absolute atomic E-state index is 13.4. The van der Waals surface area contributed by atoms with E-state index in [0.717, 1.165) is 28.2 Å². The molecular formula is C19H22FN3O2. The van der Waals surface area contributed by atoms with Crippen molar-refractivity contribution in [1.29, 1.82) is 0 Å². The molecule has 1 atom stereocenters. The summed E-state index contributed by atoms with van der Waals surface area (Å²) in [6, 6.07) is 8.39. The van der Waals surface area contributed by atoms with Gasteiger partial charge in [-0.25, -0.2) is 4.39 Å². The van der Waals surface area contributed by atoms with E-state index in [4.69, 9.17) is 8.83 Å². The van der Waals surface area contributed by atoms with Gasteiger partial charge in [-0.1, -0.05) is 0 Å². The summed E-state index contributed by atoms with van der Waals surface area (Å²) in [7, 11) is 1.70. The Morgan fingerprint density at radius 3 is 2.68 bits per heavy atom. The van der Waals surface area contributed by atoms with Gasteiger partial charge >= 0.3 is 0 Å². The Labute approximate surface area is 145 Å². The third kappa shape index (κ3) is 3.68. The highest BCUT2D eigenvalue weighted by Crippen LogP contribution is 2.25. The fraction of sp³-hybridized carbons (Fsp3) is 0.316. The van der Waals surface area contributed by atoms with Crippen LogP contribution in [0.15, 0.2) is 44.2 Å². The second-order valence-corrected chi connectivity index (χ2v) is 6.03. The van der Waals surface area contributed by atoms with Gasteiger partial charge < -0.3 is 19.5 Å². The fourth-order valence-corrected chi connectivity index (χ4v) is 2.73. The van der Waals surface area contributed by atoms with E-state index in [-0.39, 0.29) is 11.9 Å². The molecule has 0 fully saturated rings. The first-order valence-electron chi connectivity index (χ1n) is 8.19. The van der Waals surface area contributed by atoms with E-state index in [1.807, 2.05) is 32.9 Å². The minimum absolute atomic E-state index is 0.0224. The van der Waals surface area contributed by atoms with Crippen molar-refractivity contribution in [3.05, 3.63) is 59.0 Å². The zero-order valence-electron chi connectivity index (χ0n) is 14.8. The molecule has 0 radical (unpaired) electrons. The molecule has 0 saturated carbocycles. The van der Waals surface area contributed by atoms with Crippen molar-refractivity contribution in [2.45, 2.75) is 33.4 Å². The van der Waals surface area contributed by atoms with E-state index in [2.05, 4.69) is 15.6 Å². The molecule has 1 aromatic carbocycles. The van der Waals surface area contributed by atoms with Crippen molar-refractivity contribution in [3.8, 4) is 0 Å². The molecule has 0 amide bonds. The van der Waals surface area contributed by atoms with Crippen LogP contribution in [0.5, 0.6) is 0 Å². The Kier molecular flexibility index (Phi) is 4.79. The highest BCUT2D eigenvalue weighted by Gasteiger charge is 2.14. The maximum atomic E-state index is 13.4. The normalized spacial score (nSPS) is 13.2. The van der Waals surface area contributed by atoms with E-state index in [1.54, 1.807) is 13.1 Å². The van der Waals surface area contributed by atoms with Gasteiger partial charge in [0.15, 0.2) is 5.96 Å². The zero-order valence-corrected chi connectivity index (χ0v) is 14.8. The Morgan fingerprint density at radius 2 is 2.00 bits per heavy atom. The molecule has 0 aliphatic heterocycles. The van der Waals surface area contributed by atoms with E-state index in [1.165, 1.54) is 12.1 Å². The minimum Gasteiger partial charge on any atom is -0.464 e. The minimum atomic E-state index is -0.268. The zero-order chi connectivity index (χ0) is 18.0. The lowest BCUT2D eigenvalue weighted by molar-refractivity contribution is 0.440. The van der Waals surface area contributed by atoms with Crippen LogP contribution in [0.2, 0.25) is 0 Å². The molecule has 25 heavy (non-hydrogen) atoms. The molecule has 0 spiro atoms. The van der Waals surface area contributed by atoms with Crippen molar-refractivity contribution >= 4 is 16.9 Å². The third-order valence-electron chi connectivity index (χ3n) is 4.18. The van der Waals surface area contributed by atoms with Crippen molar-refractivity contribution in [2.75, 3.05) is 7.05 Å². The van der Waals surface area contributed by atoms with Gasteiger partial charge in [0.05, 0.1) is 12.6 Å². The molecule has 132 valence electrons. The van der Waals surface area contributed by atoms with Gasteiger partial charge in [0.1, 0.15) is 28.7 Å². The van der Waals surface area contributed by atoms with Crippen LogP contribution >= 0.6 is 0 Å². The number of hydrogen-bond acceptors (Lipinski definition) is 3. The monoisotopic (exact) mass is 343 g/mol. The van der Waals surface area contributed by atoms with E-state index >= 15 is 0 Å². The number of benzene rings is 1. The Bertz CT molecular complexity index is 911. The maximum Gasteiger partial charge on any atom is 0.191 e. The topological polar surface area (TPSA) is 62.7 Å². The molecule has 3 rings (SSSR count). The van der Waals surface area contributed by atoms with Gasteiger partial charge in [0.2, 0.25) is 0 Å². The summed E-state index contributed by atoms with van der Waals surface area (Å²) in [5.74, 6) is 2.83. The molecule has 0 aliphatic rings. The fourth-order valence-electron chi connectivity index (χ4n) is 2.73. The SMILES string of the molecule is CN=C(NCc1oc2ccc(F)cc2c1C)NC(C)c1ccc(C)o1. The van der Waals surface area contributed by atoms with Crippen molar-refractivity contribution in [3.63, 3.8) is 0 Å². The molecule has 3 aromatic rings. The van der Waals surface area contributed by atoms with Crippen molar-refractivity contribution < 1.29 is 13.2 Å². The lowest BCUT2D eigenvalue weighted by atomic mass is 10.1. The van der Waals surface area contributed by atoms with E-state index in [9.17, 15) is 4.39 Å². The van der Waals surface area contributed by atoms with Crippen LogP contribution in [-0.4, -0.2) is 13.0 Å². The van der Waals surface area contributed by atoms with Gasteiger partial charge in [0, 0.05) is 18.0 Å². The Balaban J connectivity index is 1.68. The quantitative estimate of drug-likeness (QED) is 0.550. The number of guanidine groups is 1. The summed E-state index contributed by atoms with van der Waals surface area (Å²) in [6.07, 6.45) is 0. The summed E-state index contributed by atoms with van der Waals surface area (Å²) in [6.45, 7) is 6.29. The highest BCUT2D eigenvalue weighted by molar-refractivity contribution is 5.83. The number of hydrogen-bond donors (Lipinski definition) is 2. The summed E-state index contributed by atoms with van der Waals surface area (Å²) in [5, 5.41) is 7.28. The van der Waals surface area contributed by atoms with Crippen LogP contribution in [-0.2, 0) is 6.54 Å². The molecule has 0 saturated heterocycles. The van der Waals surface area contributed by atoms with Crippen molar-refractivity contribution in [1.82, 2.24) is 10.6 Å². The number of aryl methyl sites for hydroxylation is 2. The molecule has 2 aromatic heterocycles. The lowest BCUT2D eigenvalue weighted by Gasteiger charge is -2.16. The first-order valence-corrected chi connectivity index (χ1v) is 8.19. The second-order valence-electron chi connectivity index (χ2n) is 6.03. The smallest absolute Gasteiger partial charge is 0.191 e. The standard InChI is InChI=1S/C19H22FN3O2/c1-11-5-7-16(24-11)13(3)23-19(21-4)22-10-18-12(2)15-9-14(20)6-8-17(15)25-18/h5-9,13H,10H2,1-4H3,(H2,21,22,23). The third-order valence-corrected chi connectivity index (χ3v) is 4.18.